The first kappa shape index (κ1) is 21.8. The van der Waals surface area contributed by atoms with Crippen molar-refractivity contribution in [1.29, 1.82) is 0 Å². The lowest BCUT2D eigenvalue weighted by atomic mass is 10.0. The lowest BCUT2D eigenvalue weighted by Crippen LogP contribution is -2.32. The summed E-state index contributed by atoms with van der Waals surface area (Å²) in [5, 5.41) is 17.8. The third-order valence-corrected chi connectivity index (χ3v) is 4.62. The van der Waals surface area contributed by atoms with E-state index in [1.807, 2.05) is 13.8 Å². The predicted molar refractivity (Wildman–Crippen MR) is 111 cm³/mol. The van der Waals surface area contributed by atoms with Crippen LogP contribution in [0.25, 0.3) is 11.4 Å². The Kier molecular flexibility index (Phi) is 6.49. The van der Waals surface area contributed by atoms with E-state index in [0.29, 0.717) is 22.9 Å². The SMILES string of the molecule is COc1ccc(-c2noc([C@H](NC(=O)c3cccc([N+](=O)[O-])c3)C(C)C)n2)cc1OC. The number of nitro benzene ring substituents is 1. The smallest absolute Gasteiger partial charge is 0.270 e. The first-order chi connectivity index (χ1) is 14.8. The van der Waals surface area contributed by atoms with Gasteiger partial charge < -0.3 is 19.3 Å². The maximum Gasteiger partial charge on any atom is 0.270 e. The van der Waals surface area contributed by atoms with E-state index < -0.39 is 16.9 Å². The Morgan fingerprint density at radius 3 is 2.52 bits per heavy atom. The van der Waals surface area contributed by atoms with Gasteiger partial charge in [0.25, 0.3) is 11.6 Å². The highest BCUT2D eigenvalue weighted by atomic mass is 16.6. The van der Waals surface area contributed by atoms with Crippen molar-refractivity contribution in [3.05, 3.63) is 64.0 Å². The molecule has 0 saturated carbocycles. The van der Waals surface area contributed by atoms with Gasteiger partial charge in [-0.25, -0.2) is 0 Å². The van der Waals surface area contributed by atoms with E-state index in [0.717, 1.165) is 0 Å². The van der Waals surface area contributed by atoms with E-state index in [-0.39, 0.29) is 23.1 Å². The van der Waals surface area contributed by atoms with Crippen LogP contribution >= 0.6 is 0 Å². The van der Waals surface area contributed by atoms with Crippen LogP contribution in [-0.4, -0.2) is 35.2 Å². The monoisotopic (exact) mass is 426 g/mol. The third-order valence-electron chi connectivity index (χ3n) is 4.62. The molecule has 0 bridgehead atoms. The van der Waals surface area contributed by atoms with Gasteiger partial charge in [-0.1, -0.05) is 25.1 Å². The molecule has 1 aromatic heterocycles. The van der Waals surface area contributed by atoms with Gasteiger partial charge in [0.1, 0.15) is 6.04 Å². The number of carbonyl (C=O) groups excluding carboxylic acids is 1. The van der Waals surface area contributed by atoms with Crippen LogP contribution in [0.3, 0.4) is 0 Å². The van der Waals surface area contributed by atoms with Gasteiger partial charge in [-0.3, -0.25) is 14.9 Å². The van der Waals surface area contributed by atoms with Crippen LogP contribution in [0.4, 0.5) is 5.69 Å². The maximum atomic E-state index is 12.7. The van der Waals surface area contributed by atoms with Crippen LogP contribution < -0.4 is 14.8 Å². The first-order valence-electron chi connectivity index (χ1n) is 9.45. The molecule has 1 atom stereocenters. The average molecular weight is 426 g/mol. The number of benzene rings is 2. The summed E-state index contributed by atoms with van der Waals surface area (Å²) in [5.74, 6) is 1.07. The van der Waals surface area contributed by atoms with Crippen molar-refractivity contribution in [3.8, 4) is 22.9 Å². The number of amides is 1. The van der Waals surface area contributed by atoms with Crippen molar-refractivity contribution in [2.24, 2.45) is 5.92 Å². The molecule has 2 aromatic carbocycles. The number of nitro groups is 1. The van der Waals surface area contributed by atoms with E-state index in [1.165, 1.54) is 31.4 Å². The van der Waals surface area contributed by atoms with Crippen molar-refractivity contribution in [2.45, 2.75) is 19.9 Å². The molecule has 1 N–H and O–H groups in total. The average Bonchev–Trinajstić information content (AvgIpc) is 3.26. The topological polar surface area (TPSA) is 130 Å². The minimum Gasteiger partial charge on any atom is -0.493 e. The second-order valence-electron chi connectivity index (χ2n) is 7.03. The van der Waals surface area contributed by atoms with Gasteiger partial charge in [0.15, 0.2) is 11.5 Å². The summed E-state index contributed by atoms with van der Waals surface area (Å²) >= 11 is 0. The Bertz CT molecular complexity index is 1090. The molecular weight excluding hydrogens is 404 g/mol. The Balaban J connectivity index is 1.85. The van der Waals surface area contributed by atoms with Crippen LogP contribution in [-0.2, 0) is 0 Å². The normalized spacial score (nSPS) is 11.8. The molecule has 10 heteroatoms. The number of rotatable bonds is 8. The molecule has 0 aliphatic rings. The third kappa shape index (κ3) is 4.80. The second kappa shape index (κ2) is 9.24. The lowest BCUT2D eigenvalue weighted by Gasteiger charge is -2.18. The van der Waals surface area contributed by atoms with Gasteiger partial charge in [-0.15, -0.1) is 0 Å². The maximum absolute atomic E-state index is 12.7. The van der Waals surface area contributed by atoms with Gasteiger partial charge in [-0.2, -0.15) is 4.98 Å². The molecule has 0 spiro atoms. The fraction of sp³-hybridized carbons (Fsp3) is 0.286. The second-order valence-corrected chi connectivity index (χ2v) is 7.03. The van der Waals surface area contributed by atoms with Crippen molar-refractivity contribution < 1.29 is 23.7 Å². The lowest BCUT2D eigenvalue weighted by molar-refractivity contribution is -0.384. The summed E-state index contributed by atoms with van der Waals surface area (Å²) in [6.07, 6.45) is 0. The molecule has 0 unspecified atom stereocenters. The number of carbonyl (C=O) groups is 1. The van der Waals surface area contributed by atoms with Gasteiger partial charge >= 0.3 is 0 Å². The molecule has 3 rings (SSSR count). The van der Waals surface area contributed by atoms with Gasteiger partial charge in [0.05, 0.1) is 19.1 Å². The van der Waals surface area contributed by atoms with Crippen LogP contribution in [0.5, 0.6) is 11.5 Å². The number of hydrogen-bond donors (Lipinski definition) is 1. The minimum absolute atomic E-state index is 0.0821. The number of hydrogen-bond acceptors (Lipinski definition) is 8. The summed E-state index contributed by atoms with van der Waals surface area (Å²) in [6.45, 7) is 3.78. The van der Waals surface area contributed by atoms with Crippen molar-refractivity contribution in [1.82, 2.24) is 15.5 Å². The standard InChI is InChI=1S/C21H22N4O6/c1-12(2)18(22-20(26)14-6-5-7-15(10-14)25(27)28)21-23-19(24-31-21)13-8-9-16(29-3)17(11-13)30-4/h5-12,18H,1-4H3,(H,22,26)/t18-/m1/s1. The van der Waals surface area contributed by atoms with Gasteiger partial charge in [0.2, 0.25) is 11.7 Å². The Hall–Kier alpha value is -3.95. The number of ether oxygens (including phenoxy) is 2. The largest absolute Gasteiger partial charge is 0.493 e. The zero-order chi connectivity index (χ0) is 22.5. The first-order valence-corrected chi connectivity index (χ1v) is 9.45. The molecule has 162 valence electrons. The molecule has 0 aliphatic carbocycles. The van der Waals surface area contributed by atoms with Crippen molar-refractivity contribution in [3.63, 3.8) is 0 Å². The Labute approximate surface area is 178 Å². The van der Waals surface area contributed by atoms with E-state index >= 15 is 0 Å². The molecule has 0 radical (unpaired) electrons. The molecule has 10 nitrogen and oxygen atoms in total. The molecule has 0 saturated heterocycles. The van der Waals surface area contributed by atoms with Gasteiger partial charge in [-0.05, 0) is 30.2 Å². The van der Waals surface area contributed by atoms with E-state index in [4.69, 9.17) is 14.0 Å². The molecule has 1 amide bonds. The van der Waals surface area contributed by atoms with Crippen LogP contribution in [0.15, 0.2) is 47.0 Å². The van der Waals surface area contributed by atoms with E-state index in [9.17, 15) is 14.9 Å². The molecule has 3 aromatic rings. The zero-order valence-corrected chi connectivity index (χ0v) is 17.5. The summed E-state index contributed by atoms with van der Waals surface area (Å²) in [5.41, 5.74) is 0.655. The van der Waals surface area contributed by atoms with Crippen LogP contribution in [0, 0.1) is 16.0 Å². The number of non-ortho nitro benzene ring substituents is 1. The van der Waals surface area contributed by atoms with Crippen LogP contribution in [0.2, 0.25) is 0 Å². The van der Waals surface area contributed by atoms with Crippen LogP contribution in [0.1, 0.15) is 36.1 Å². The summed E-state index contributed by atoms with van der Waals surface area (Å²) in [6, 6.07) is 10.1. The van der Waals surface area contributed by atoms with Gasteiger partial charge in [0, 0.05) is 23.3 Å². The molecule has 0 aliphatic heterocycles. The fourth-order valence-corrected chi connectivity index (χ4v) is 2.95. The van der Waals surface area contributed by atoms with E-state index in [1.54, 1.807) is 25.3 Å². The minimum atomic E-state index is -0.590. The predicted octanol–water partition coefficient (Wildman–Crippen LogP) is 3.79. The summed E-state index contributed by atoms with van der Waals surface area (Å²) in [4.78, 5) is 27.5. The number of nitrogens with zero attached hydrogens (tertiary/aromatic N) is 3. The van der Waals surface area contributed by atoms with E-state index in [2.05, 4.69) is 15.5 Å². The molecule has 0 fully saturated rings. The zero-order valence-electron chi connectivity index (χ0n) is 17.5. The molecular formula is C21H22N4O6. The summed E-state index contributed by atoms with van der Waals surface area (Å²) < 4.78 is 16.0. The number of aromatic nitrogens is 2. The highest BCUT2D eigenvalue weighted by molar-refractivity contribution is 5.95. The highest BCUT2D eigenvalue weighted by Gasteiger charge is 2.26. The quantitative estimate of drug-likeness (QED) is 0.425. The molecule has 1 heterocycles. The Morgan fingerprint density at radius 1 is 1.13 bits per heavy atom. The highest BCUT2D eigenvalue weighted by Crippen LogP contribution is 2.32. The number of nitrogens with one attached hydrogen (secondary N) is 1. The van der Waals surface area contributed by atoms with Crippen molar-refractivity contribution >= 4 is 11.6 Å². The van der Waals surface area contributed by atoms with Crippen molar-refractivity contribution in [2.75, 3.05) is 14.2 Å². The fourth-order valence-electron chi connectivity index (χ4n) is 2.95. The summed E-state index contributed by atoms with van der Waals surface area (Å²) in [7, 11) is 3.07. The Morgan fingerprint density at radius 2 is 1.87 bits per heavy atom. The molecule has 31 heavy (non-hydrogen) atoms. The number of methoxy groups -OCH3 is 2.